The Bertz CT molecular complexity index is 388. The molecule has 1 saturated heterocycles. The zero-order valence-corrected chi connectivity index (χ0v) is 10.1. The van der Waals surface area contributed by atoms with Crippen LogP contribution in [0.5, 0.6) is 0 Å². The molecular weight excluding hydrogens is 216 g/mol. The van der Waals surface area contributed by atoms with Gasteiger partial charge in [0.1, 0.15) is 5.82 Å². The van der Waals surface area contributed by atoms with Gasteiger partial charge in [0, 0.05) is 32.4 Å². The zero-order chi connectivity index (χ0) is 12.1. The number of anilines is 1. The first kappa shape index (κ1) is 11.9. The normalized spacial score (nSPS) is 15.7. The topological polar surface area (TPSA) is 57.3 Å². The van der Waals surface area contributed by atoms with Crippen molar-refractivity contribution in [3.8, 4) is 0 Å². The summed E-state index contributed by atoms with van der Waals surface area (Å²) in [5.41, 5.74) is 1.14. The van der Waals surface area contributed by atoms with Crippen molar-refractivity contribution in [2.45, 2.75) is 6.92 Å². The van der Waals surface area contributed by atoms with Crippen molar-refractivity contribution in [2.75, 3.05) is 38.0 Å². The molecule has 1 aromatic rings. The number of nitrogens with one attached hydrogen (secondary N) is 2. The first-order valence-electron chi connectivity index (χ1n) is 5.91. The second-order valence-electron chi connectivity index (χ2n) is 4.20. The van der Waals surface area contributed by atoms with E-state index >= 15 is 0 Å². The summed E-state index contributed by atoms with van der Waals surface area (Å²) in [6.07, 6.45) is 1.74. The summed E-state index contributed by atoms with van der Waals surface area (Å²) >= 11 is 0. The lowest BCUT2D eigenvalue weighted by Gasteiger charge is -2.27. The highest BCUT2D eigenvalue weighted by molar-refractivity contribution is 5.80. The molecule has 0 bridgehead atoms. The standard InChI is InChI=1S/C12H18N4O/c1-10-2-3-14-11(8-10)15-9-12(17)16-6-4-13-5-7-16/h2-3,8,13H,4-7,9H2,1H3,(H,14,15). The molecule has 92 valence electrons. The van der Waals surface area contributed by atoms with E-state index in [1.54, 1.807) is 6.20 Å². The van der Waals surface area contributed by atoms with Crippen LogP contribution in [0.15, 0.2) is 18.3 Å². The Labute approximate surface area is 101 Å². The Morgan fingerprint density at radius 1 is 1.53 bits per heavy atom. The van der Waals surface area contributed by atoms with Gasteiger partial charge in [0.25, 0.3) is 0 Å². The fourth-order valence-electron chi connectivity index (χ4n) is 1.83. The van der Waals surface area contributed by atoms with E-state index in [-0.39, 0.29) is 5.91 Å². The average molecular weight is 234 g/mol. The number of aryl methyl sites for hydroxylation is 1. The number of piperazine rings is 1. The van der Waals surface area contributed by atoms with E-state index in [1.807, 2.05) is 24.0 Å². The lowest BCUT2D eigenvalue weighted by molar-refractivity contribution is -0.129. The van der Waals surface area contributed by atoms with Crippen LogP contribution in [-0.4, -0.2) is 48.5 Å². The van der Waals surface area contributed by atoms with Gasteiger partial charge in [-0.15, -0.1) is 0 Å². The van der Waals surface area contributed by atoms with Crippen LogP contribution in [0, 0.1) is 6.92 Å². The summed E-state index contributed by atoms with van der Waals surface area (Å²) in [6, 6.07) is 3.87. The minimum absolute atomic E-state index is 0.134. The highest BCUT2D eigenvalue weighted by Gasteiger charge is 2.15. The third-order valence-corrected chi connectivity index (χ3v) is 2.81. The largest absolute Gasteiger partial charge is 0.361 e. The van der Waals surface area contributed by atoms with Gasteiger partial charge in [-0.2, -0.15) is 0 Å². The molecule has 0 aromatic carbocycles. The van der Waals surface area contributed by atoms with Crippen molar-refractivity contribution < 1.29 is 4.79 Å². The molecule has 1 fully saturated rings. The number of carbonyl (C=O) groups excluding carboxylic acids is 1. The van der Waals surface area contributed by atoms with Gasteiger partial charge in [0.15, 0.2) is 0 Å². The number of hydrogen-bond donors (Lipinski definition) is 2. The van der Waals surface area contributed by atoms with Crippen molar-refractivity contribution in [3.63, 3.8) is 0 Å². The third kappa shape index (κ3) is 3.42. The lowest BCUT2D eigenvalue weighted by atomic mass is 10.3. The number of pyridine rings is 1. The molecule has 5 nitrogen and oxygen atoms in total. The third-order valence-electron chi connectivity index (χ3n) is 2.81. The van der Waals surface area contributed by atoms with Gasteiger partial charge in [-0.05, 0) is 24.6 Å². The minimum atomic E-state index is 0.134. The molecule has 1 aromatic heterocycles. The molecule has 2 N–H and O–H groups in total. The Morgan fingerprint density at radius 3 is 3.00 bits per heavy atom. The summed E-state index contributed by atoms with van der Waals surface area (Å²) in [7, 11) is 0. The van der Waals surface area contributed by atoms with Crippen LogP contribution in [0.25, 0.3) is 0 Å². The fraction of sp³-hybridized carbons (Fsp3) is 0.500. The Balaban J connectivity index is 1.83. The lowest BCUT2D eigenvalue weighted by Crippen LogP contribution is -2.48. The summed E-state index contributed by atoms with van der Waals surface area (Å²) in [5, 5.41) is 6.28. The maximum absolute atomic E-state index is 11.9. The smallest absolute Gasteiger partial charge is 0.242 e. The van der Waals surface area contributed by atoms with E-state index in [0.717, 1.165) is 37.6 Å². The summed E-state index contributed by atoms with van der Waals surface area (Å²) < 4.78 is 0. The SMILES string of the molecule is Cc1ccnc(NCC(=O)N2CCNCC2)c1. The number of amides is 1. The van der Waals surface area contributed by atoms with Crippen LogP contribution in [0.4, 0.5) is 5.82 Å². The second kappa shape index (κ2) is 5.63. The number of nitrogens with zero attached hydrogens (tertiary/aromatic N) is 2. The molecular formula is C12H18N4O. The molecule has 1 amide bonds. The van der Waals surface area contributed by atoms with E-state index in [9.17, 15) is 4.79 Å². The maximum atomic E-state index is 11.9. The quantitative estimate of drug-likeness (QED) is 0.786. The summed E-state index contributed by atoms with van der Waals surface area (Å²) in [5.74, 6) is 0.892. The molecule has 0 radical (unpaired) electrons. The van der Waals surface area contributed by atoms with Crippen molar-refractivity contribution in [1.82, 2.24) is 15.2 Å². The van der Waals surface area contributed by atoms with Gasteiger partial charge >= 0.3 is 0 Å². The monoisotopic (exact) mass is 234 g/mol. The molecule has 5 heteroatoms. The van der Waals surface area contributed by atoms with Crippen LogP contribution < -0.4 is 10.6 Å². The van der Waals surface area contributed by atoms with E-state index in [4.69, 9.17) is 0 Å². The highest BCUT2D eigenvalue weighted by Crippen LogP contribution is 2.05. The Hall–Kier alpha value is -1.62. The van der Waals surface area contributed by atoms with E-state index in [0.29, 0.717) is 6.54 Å². The van der Waals surface area contributed by atoms with Crippen LogP contribution in [0.2, 0.25) is 0 Å². The molecule has 2 rings (SSSR count). The molecule has 0 atom stereocenters. The zero-order valence-electron chi connectivity index (χ0n) is 10.1. The predicted molar refractivity (Wildman–Crippen MR) is 66.9 cm³/mol. The number of hydrogen-bond acceptors (Lipinski definition) is 4. The molecule has 1 aliphatic rings. The van der Waals surface area contributed by atoms with Gasteiger partial charge < -0.3 is 15.5 Å². The van der Waals surface area contributed by atoms with Gasteiger partial charge in [0.2, 0.25) is 5.91 Å². The van der Waals surface area contributed by atoms with Crippen molar-refractivity contribution >= 4 is 11.7 Å². The first-order chi connectivity index (χ1) is 8.25. The molecule has 2 heterocycles. The molecule has 0 unspecified atom stereocenters. The van der Waals surface area contributed by atoms with Gasteiger partial charge in [-0.1, -0.05) is 0 Å². The molecule has 17 heavy (non-hydrogen) atoms. The number of aromatic nitrogens is 1. The van der Waals surface area contributed by atoms with Gasteiger partial charge in [-0.25, -0.2) is 4.98 Å². The van der Waals surface area contributed by atoms with E-state index in [2.05, 4.69) is 15.6 Å². The minimum Gasteiger partial charge on any atom is -0.361 e. The summed E-state index contributed by atoms with van der Waals surface area (Å²) in [4.78, 5) is 17.9. The highest BCUT2D eigenvalue weighted by atomic mass is 16.2. The van der Waals surface area contributed by atoms with Crippen LogP contribution in [0.3, 0.4) is 0 Å². The molecule has 0 saturated carbocycles. The van der Waals surface area contributed by atoms with Gasteiger partial charge in [0.05, 0.1) is 6.54 Å². The maximum Gasteiger partial charge on any atom is 0.242 e. The first-order valence-corrected chi connectivity index (χ1v) is 5.91. The Morgan fingerprint density at radius 2 is 2.29 bits per heavy atom. The van der Waals surface area contributed by atoms with Crippen LogP contribution >= 0.6 is 0 Å². The van der Waals surface area contributed by atoms with Gasteiger partial charge in [-0.3, -0.25) is 4.79 Å². The molecule has 0 aliphatic carbocycles. The number of rotatable bonds is 3. The van der Waals surface area contributed by atoms with E-state index in [1.165, 1.54) is 0 Å². The van der Waals surface area contributed by atoms with Crippen molar-refractivity contribution in [3.05, 3.63) is 23.9 Å². The van der Waals surface area contributed by atoms with Crippen LogP contribution in [-0.2, 0) is 4.79 Å². The fourth-order valence-corrected chi connectivity index (χ4v) is 1.83. The predicted octanol–water partition coefficient (Wildman–Crippen LogP) is 0.234. The molecule has 0 spiro atoms. The van der Waals surface area contributed by atoms with Crippen molar-refractivity contribution in [2.24, 2.45) is 0 Å². The van der Waals surface area contributed by atoms with Crippen molar-refractivity contribution in [1.29, 1.82) is 0 Å². The second-order valence-corrected chi connectivity index (χ2v) is 4.20. The average Bonchev–Trinajstić information content (AvgIpc) is 2.37. The van der Waals surface area contributed by atoms with Crippen LogP contribution in [0.1, 0.15) is 5.56 Å². The number of carbonyl (C=O) groups is 1. The Kier molecular flexibility index (Phi) is 3.93. The molecule has 1 aliphatic heterocycles. The summed E-state index contributed by atoms with van der Waals surface area (Å²) in [6.45, 7) is 5.67. The van der Waals surface area contributed by atoms with E-state index < -0.39 is 0 Å².